The summed E-state index contributed by atoms with van der Waals surface area (Å²) in [5.74, 6) is 0.250. The molecule has 0 aromatic rings. The van der Waals surface area contributed by atoms with E-state index in [1.54, 1.807) is 0 Å². The average Bonchev–Trinajstić information content (AvgIpc) is 1.58. The Hall–Kier alpha value is -0.590. The molecule has 0 saturated carbocycles. The molecule has 0 amide bonds. The van der Waals surface area contributed by atoms with Gasteiger partial charge in [-0.15, -0.1) is 0 Å². The molecule has 1 atom stereocenters. The minimum atomic E-state index is 0.250. The van der Waals surface area contributed by atoms with Gasteiger partial charge in [-0.1, -0.05) is 11.6 Å². The van der Waals surface area contributed by atoms with Crippen LogP contribution in [0.5, 0.6) is 0 Å². The number of hydrogen-bond donors (Lipinski definition) is 0. The molecular formula is C6H8O. The maximum absolute atomic E-state index is 9.89. The highest BCUT2D eigenvalue weighted by Crippen LogP contribution is 2.22. The number of allylic oxidation sites excluding steroid dienone is 2. The van der Waals surface area contributed by atoms with Crippen molar-refractivity contribution in [3.05, 3.63) is 11.6 Å². The normalized spacial score (nSPS) is 28.1. The SMILES string of the molecule is CC1=CC(C=O)C1. The molecule has 0 aromatic heterocycles. The summed E-state index contributed by atoms with van der Waals surface area (Å²) in [6.45, 7) is 2.04. The monoisotopic (exact) mass is 96.1 g/mol. The van der Waals surface area contributed by atoms with Crippen molar-refractivity contribution in [1.29, 1.82) is 0 Å². The first-order valence-electron chi connectivity index (χ1n) is 2.45. The zero-order valence-corrected chi connectivity index (χ0v) is 4.35. The zero-order valence-electron chi connectivity index (χ0n) is 4.35. The summed E-state index contributed by atoms with van der Waals surface area (Å²) in [7, 11) is 0. The highest BCUT2D eigenvalue weighted by atomic mass is 16.1. The lowest BCUT2D eigenvalue weighted by Crippen LogP contribution is -2.08. The zero-order chi connectivity index (χ0) is 5.28. The minimum Gasteiger partial charge on any atom is -0.303 e. The van der Waals surface area contributed by atoms with Gasteiger partial charge in [-0.3, -0.25) is 0 Å². The van der Waals surface area contributed by atoms with Gasteiger partial charge in [0.2, 0.25) is 0 Å². The summed E-state index contributed by atoms with van der Waals surface area (Å²) >= 11 is 0. The number of carbonyl (C=O) groups excluding carboxylic acids is 1. The summed E-state index contributed by atoms with van der Waals surface area (Å²) in [5.41, 5.74) is 1.34. The van der Waals surface area contributed by atoms with Gasteiger partial charge in [0.25, 0.3) is 0 Å². The molecule has 38 valence electrons. The lowest BCUT2D eigenvalue weighted by molar-refractivity contribution is -0.110. The Bertz CT molecular complexity index is 113. The van der Waals surface area contributed by atoms with E-state index < -0.39 is 0 Å². The molecule has 0 saturated heterocycles. The van der Waals surface area contributed by atoms with E-state index in [9.17, 15) is 4.79 Å². The van der Waals surface area contributed by atoms with Crippen molar-refractivity contribution in [1.82, 2.24) is 0 Å². The van der Waals surface area contributed by atoms with E-state index >= 15 is 0 Å². The van der Waals surface area contributed by atoms with Crippen LogP contribution in [0.3, 0.4) is 0 Å². The summed E-state index contributed by atoms with van der Waals surface area (Å²) in [6.07, 6.45) is 3.98. The van der Waals surface area contributed by atoms with Crippen molar-refractivity contribution < 1.29 is 4.79 Å². The molecule has 0 aliphatic heterocycles. The van der Waals surface area contributed by atoms with Gasteiger partial charge in [0.05, 0.1) is 0 Å². The summed E-state index contributed by atoms with van der Waals surface area (Å²) in [4.78, 5) is 9.89. The lowest BCUT2D eigenvalue weighted by Gasteiger charge is -2.15. The molecule has 0 bridgehead atoms. The van der Waals surface area contributed by atoms with Crippen LogP contribution in [0.25, 0.3) is 0 Å². The largest absolute Gasteiger partial charge is 0.303 e. The third-order valence-corrected chi connectivity index (χ3v) is 1.23. The van der Waals surface area contributed by atoms with Crippen molar-refractivity contribution in [3.63, 3.8) is 0 Å². The van der Waals surface area contributed by atoms with Crippen molar-refractivity contribution >= 4 is 6.29 Å². The Morgan fingerprint density at radius 1 is 2.00 bits per heavy atom. The number of hydrogen-bond acceptors (Lipinski definition) is 1. The molecule has 0 aromatic carbocycles. The molecule has 1 heteroatoms. The maximum atomic E-state index is 9.89. The summed E-state index contributed by atoms with van der Waals surface area (Å²) in [5, 5.41) is 0. The van der Waals surface area contributed by atoms with Crippen molar-refractivity contribution in [2.24, 2.45) is 5.92 Å². The van der Waals surface area contributed by atoms with Crippen LogP contribution in [0.2, 0.25) is 0 Å². The Morgan fingerprint density at radius 3 is 2.71 bits per heavy atom. The first-order valence-corrected chi connectivity index (χ1v) is 2.45. The summed E-state index contributed by atoms with van der Waals surface area (Å²) in [6, 6.07) is 0. The van der Waals surface area contributed by atoms with Crippen LogP contribution in [0, 0.1) is 5.92 Å². The third-order valence-electron chi connectivity index (χ3n) is 1.23. The van der Waals surface area contributed by atoms with Gasteiger partial charge in [-0.25, -0.2) is 0 Å². The smallest absolute Gasteiger partial charge is 0.127 e. The lowest BCUT2D eigenvalue weighted by atomic mass is 9.89. The second-order valence-electron chi connectivity index (χ2n) is 2.02. The number of aldehydes is 1. The van der Waals surface area contributed by atoms with Crippen LogP contribution < -0.4 is 0 Å². The van der Waals surface area contributed by atoms with E-state index in [-0.39, 0.29) is 5.92 Å². The van der Waals surface area contributed by atoms with Crippen LogP contribution in [-0.4, -0.2) is 6.29 Å². The first-order chi connectivity index (χ1) is 3.33. The van der Waals surface area contributed by atoms with E-state index in [0.717, 1.165) is 12.7 Å². The fraction of sp³-hybridized carbons (Fsp3) is 0.500. The molecule has 1 aliphatic rings. The van der Waals surface area contributed by atoms with Crippen LogP contribution in [-0.2, 0) is 4.79 Å². The highest BCUT2D eigenvalue weighted by molar-refractivity contribution is 5.60. The second kappa shape index (κ2) is 1.49. The Morgan fingerprint density at radius 2 is 2.57 bits per heavy atom. The minimum absolute atomic E-state index is 0.250. The van der Waals surface area contributed by atoms with Crippen LogP contribution in [0.15, 0.2) is 11.6 Å². The van der Waals surface area contributed by atoms with Crippen LogP contribution in [0.1, 0.15) is 13.3 Å². The average molecular weight is 96.1 g/mol. The predicted octanol–water partition coefficient (Wildman–Crippen LogP) is 1.15. The summed E-state index contributed by atoms with van der Waals surface area (Å²) < 4.78 is 0. The van der Waals surface area contributed by atoms with Gasteiger partial charge in [-0.05, 0) is 13.3 Å². The molecule has 7 heavy (non-hydrogen) atoms. The van der Waals surface area contributed by atoms with E-state index in [0.29, 0.717) is 0 Å². The molecule has 0 heterocycles. The molecule has 1 nitrogen and oxygen atoms in total. The van der Waals surface area contributed by atoms with Gasteiger partial charge in [0, 0.05) is 5.92 Å². The Balaban J connectivity index is 2.45. The maximum Gasteiger partial charge on any atom is 0.127 e. The van der Waals surface area contributed by atoms with E-state index in [2.05, 4.69) is 0 Å². The van der Waals surface area contributed by atoms with Crippen molar-refractivity contribution in [2.45, 2.75) is 13.3 Å². The topological polar surface area (TPSA) is 17.1 Å². The third kappa shape index (κ3) is 0.710. The van der Waals surface area contributed by atoms with E-state index in [1.807, 2.05) is 13.0 Å². The molecule has 1 unspecified atom stereocenters. The van der Waals surface area contributed by atoms with E-state index in [4.69, 9.17) is 0 Å². The predicted molar refractivity (Wildman–Crippen MR) is 27.9 cm³/mol. The van der Waals surface area contributed by atoms with Gasteiger partial charge < -0.3 is 4.79 Å². The molecule has 0 radical (unpaired) electrons. The fourth-order valence-corrected chi connectivity index (χ4v) is 0.791. The van der Waals surface area contributed by atoms with Crippen LogP contribution in [0.4, 0.5) is 0 Å². The van der Waals surface area contributed by atoms with Crippen LogP contribution >= 0.6 is 0 Å². The molecule has 1 rings (SSSR count). The second-order valence-corrected chi connectivity index (χ2v) is 2.02. The molecule has 0 fully saturated rings. The van der Waals surface area contributed by atoms with Crippen molar-refractivity contribution in [2.75, 3.05) is 0 Å². The molecular weight excluding hydrogens is 88.1 g/mol. The standard InChI is InChI=1S/C6H8O/c1-5-2-6(3-5)4-7/h2,4,6H,3H2,1H3. The van der Waals surface area contributed by atoms with Gasteiger partial charge in [0.1, 0.15) is 6.29 Å². The quantitative estimate of drug-likeness (QED) is 0.353. The van der Waals surface area contributed by atoms with Gasteiger partial charge in [0.15, 0.2) is 0 Å². The Labute approximate surface area is 43.0 Å². The highest BCUT2D eigenvalue weighted by Gasteiger charge is 2.12. The number of rotatable bonds is 1. The van der Waals surface area contributed by atoms with E-state index in [1.165, 1.54) is 5.57 Å². The molecule has 0 N–H and O–H groups in total. The van der Waals surface area contributed by atoms with Gasteiger partial charge in [-0.2, -0.15) is 0 Å². The van der Waals surface area contributed by atoms with Crippen molar-refractivity contribution in [3.8, 4) is 0 Å². The fourth-order valence-electron chi connectivity index (χ4n) is 0.791. The molecule has 1 aliphatic carbocycles. The number of carbonyl (C=O) groups is 1. The Kier molecular flexibility index (Phi) is 0.970. The van der Waals surface area contributed by atoms with Gasteiger partial charge >= 0.3 is 0 Å². The molecule has 0 spiro atoms. The first kappa shape index (κ1) is 4.57.